The minimum absolute atomic E-state index is 0.0109. The molecule has 1 aromatic heterocycles. The van der Waals surface area contributed by atoms with Crippen molar-refractivity contribution in [2.24, 2.45) is 0 Å². The van der Waals surface area contributed by atoms with Gasteiger partial charge in [-0.2, -0.15) is 0 Å². The molecule has 0 atom stereocenters. The van der Waals surface area contributed by atoms with E-state index >= 15 is 0 Å². The Kier molecular flexibility index (Phi) is 3.34. The fourth-order valence-electron chi connectivity index (χ4n) is 0.835. The summed E-state index contributed by atoms with van der Waals surface area (Å²) >= 11 is 3.26. The largest absolute Gasteiger partial charge is 0.472 e. The van der Waals surface area contributed by atoms with Gasteiger partial charge in [0.2, 0.25) is 0 Å². The van der Waals surface area contributed by atoms with Crippen LogP contribution in [0.4, 0.5) is 0 Å². The van der Waals surface area contributed by atoms with Gasteiger partial charge >= 0.3 is 0 Å². The molecule has 0 saturated carbocycles. The molecule has 66 valence electrons. The summed E-state index contributed by atoms with van der Waals surface area (Å²) in [6.45, 7) is 0.698. The molecule has 0 aromatic carbocycles. The normalized spacial score (nSPS) is 9.83. The first-order valence-corrected chi connectivity index (χ1v) is 4.71. The number of hydrogen-bond donors (Lipinski definition) is 0. The van der Waals surface area contributed by atoms with Crippen LogP contribution in [0.25, 0.3) is 0 Å². The van der Waals surface area contributed by atoms with E-state index in [1.807, 2.05) is 0 Å². The third-order valence-corrected chi connectivity index (χ3v) is 1.89. The quantitative estimate of drug-likeness (QED) is 0.744. The molecule has 0 spiro atoms. The predicted molar refractivity (Wildman–Crippen MR) is 49.5 cm³/mol. The van der Waals surface area contributed by atoms with Crippen molar-refractivity contribution in [3.8, 4) is 0 Å². The highest BCUT2D eigenvalue weighted by molar-refractivity contribution is 9.09. The molecule has 0 aliphatic rings. The molecular weight excluding hydrogens is 222 g/mol. The molecule has 0 bridgehead atoms. The second kappa shape index (κ2) is 4.30. The van der Waals surface area contributed by atoms with Gasteiger partial charge < -0.3 is 9.32 Å². The molecule has 0 fully saturated rings. The van der Waals surface area contributed by atoms with E-state index in [0.29, 0.717) is 12.1 Å². The highest BCUT2D eigenvalue weighted by atomic mass is 79.9. The number of hydrogen-bond acceptors (Lipinski definition) is 2. The maximum Gasteiger partial charge on any atom is 0.256 e. The average Bonchev–Trinajstić information content (AvgIpc) is 2.55. The Labute approximate surface area is 79.5 Å². The zero-order valence-electron chi connectivity index (χ0n) is 6.79. The molecule has 3 nitrogen and oxygen atoms in total. The lowest BCUT2D eigenvalue weighted by Crippen LogP contribution is -2.27. The molecule has 4 heteroatoms. The van der Waals surface area contributed by atoms with Gasteiger partial charge in [-0.05, 0) is 6.07 Å². The summed E-state index contributed by atoms with van der Waals surface area (Å²) in [5.74, 6) is -0.0109. The van der Waals surface area contributed by atoms with E-state index in [9.17, 15) is 4.79 Å². The van der Waals surface area contributed by atoms with Crippen LogP contribution < -0.4 is 0 Å². The molecule has 0 aliphatic carbocycles. The number of halogens is 1. The lowest BCUT2D eigenvalue weighted by atomic mass is 10.3. The smallest absolute Gasteiger partial charge is 0.256 e. The van der Waals surface area contributed by atoms with Crippen molar-refractivity contribution in [3.05, 3.63) is 24.2 Å². The van der Waals surface area contributed by atoms with Crippen LogP contribution >= 0.6 is 15.9 Å². The Morgan fingerprint density at radius 2 is 2.50 bits per heavy atom. The van der Waals surface area contributed by atoms with Crippen molar-refractivity contribution in [2.75, 3.05) is 18.9 Å². The summed E-state index contributed by atoms with van der Waals surface area (Å²) in [4.78, 5) is 13.1. The molecule has 1 aromatic rings. The van der Waals surface area contributed by atoms with Crippen LogP contribution in [0.2, 0.25) is 0 Å². The van der Waals surface area contributed by atoms with Crippen LogP contribution in [0.1, 0.15) is 10.4 Å². The molecule has 1 amide bonds. The SMILES string of the molecule is CN(CCBr)C(=O)c1ccoc1. The van der Waals surface area contributed by atoms with Gasteiger partial charge in [-0.25, -0.2) is 0 Å². The van der Waals surface area contributed by atoms with Crippen LogP contribution in [0.15, 0.2) is 23.0 Å². The summed E-state index contributed by atoms with van der Waals surface area (Å²) in [5.41, 5.74) is 0.596. The van der Waals surface area contributed by atoms with Crippen LogP contribution in [0.3, 0.4) is 0 Å². The Morgan fingerprint density at radius 3 is 3.00 bits per heavy atom. The maximum absolute atomic E-state index is 11.4. The zero-order chi connectivity index (χ0) is 8.97. The van der Waals surface area contributed by atoms with Crippen molar-refractivity contribution in [1.29, 1.82) is 0 Å². The van der Waals surface area contributed by atoms with Crippen molar-refractivity contribution in [2.45, 2.75) is 0 Å². The number of amides is 1. The molecule has 1 rings (SSSR count). The van der Waals surface area contributed by atoms with Crippen molar-refractivity contribution in [1.82, 2.24) is 4.90 Å². The van der Waals surface area contributed by atoms with Crippen LogP contribution in [0.5, 0.6) is 0 Å². The number of carbonyl (C=O) groups is 1. The monoisotopic (exact) mass is 231 g/mol. The Balaban J connectivity index is 2.59. The van der Waals surface area contributed by atoms with Gasteiger partial charge in [-0.3, -0.25) is 4.79 Å². The Morgan fingerprint density at radius 1 is 1.75 bits per heavy atom. The molecule has 0 radical (unpaired) electrons. The minimum atomic E-state index is -0.0109. The molecule has 0 N–H and O–H groups in total. The first-order valence-electron chi connectivity index (χ1n) is 3.59. The van der Waals surface area contributed by atoms with Gasteiger partial charge in [0.05, 0.1) is 11.8 Å². The number of furan rings is 1. The lowest BCUT2D eigenvalue weighted by molar-refractivity contribution is 0.0803. The Hall–Kier alpha value is -0.770. The van der Waals surface area contributed by atoms with Gasteiger partial charge in [-0.15, -0.1) is 0 Å². The number of rotatable bonds is 3. The van der Waals surface area contributed by atoms with Crippen molar-refractivity contribution in [3.63, 3.8) is 0 Å². The Bertz CT molecular complexity index is 246. The van der Waals surface area contributed by atoms with Gasteiger partial charge in [-0.1, -0.05) is 15.9 Å². The van der Waals surface area contributed by atoms with Crippen LogP contribution in [-0.2, 0) is 0 Å². The fraction of sp³-hybridized carbons (Fsp3) is 0.375. The van der Waals surface area contributed by atoms with Crippen molar-refractivity contribution < 1.29 is 9.21 Å². The van der Waals surface area contributed by atoms with E-state index in [0.717, 1.165) is 5.33 Å². The molecule has 12 heavy (non-hydrogen) atoms. The van der Waals surface area contributed by atoms with E-state index in [2.05, 4.69) is 15.9 Å². The van der Waals surface area contributed by atoms with E-state index in [1.165, 1.54) is 12.5 Å². The third-order valence-electron chi connectivity index (χ3n) is 1.53. The topological polar surface area (TPSA) is 33.5 Å². The van der Waals surface area contributed by atoms with E-state index < -0.39 is 0 Å². The van der Waals surface area contributed by atoms with Gasteiger partial charge in [0.1, 0.15) is 6.26 Å². The summed E-state index contributed by atoms with van der Waals surface area (Å²) in [6.07, 6.45) is 2.95. The van der Waals surface area contributed by atoms with E-state index in [1.54, 1.807) is 18.0 Å². The fourth-order valence-corrected chi connectivity index (χ4v) is 1.37. The second-order valence-corrected chi connectivity index (χ2v) is 3.22. The minimum Gasteiger partial charge on any atom is -0.472 e. The van der Waals surface area contributed by atoms with Crippen LogP contribution in [0, 0.1) is 0 Å². The van der Waals surface area contributed by atoms with Gasteiger partial charge in [0.25, 0.3) is 5.91 Å². The van der Waals surface area contributed by atoms with Crippen molar-refractivity contribution >= 4 is 21.8 Å². The highest BCUT2D eigenvalue weighted by Crippen LogP contribution is 2.03. The zero-order valence-corrected chi connectivity index (χ0v) is 8.37. The van der Waals surface area contributed by atoms with Gasteiger partial charge in [0.15, 0.2) is 0 Å². The third kappa shape index (κ3) is 2.11. The number of nitrogens with zero attached hydrogens (tertiary/aromatic N) is 1. The first-order chi connectivity index (χ1) is 5.75. The number of carbonyl (C=O) groups excluding carboxylic acids is 1. The summed E-state index contributed by atoms with van der Waals surface area (Å²) < 4.78 is 4.80. The summed E-state index contributed by atoms with van der Waals surface area (Å²) in [7, 11) is 1.76. The highest BCUT2D eigenvalue weighted by Gasteiger charge is 2.10. The summed E-state index contributed by atoms with van der Waals surface area (Å²) in [5, 5.41) is 0.785. The van der Waals surface area contributed by atoms with Gasteiger partial charge in [0, 0.05) is 18.9 Å². The lowest BCUT2D eigenvalue weighted by Gasteiger charge is -2.13. The maximum atomic E-state index is 11.4. The molecular formula is C8H10BrNO2. The summed E-state index contributed by atoms with van der Waals surface area (Å²) in [6, 6.07) is 1.66. The molecule has 1 heterocycles. The molecule has 0 unspecified atom stereocenters. The molecule has 0 saturated heterocycles. The average molecular weight is 232 g/mol. The standard InChI is InChI=1S/C8H10BrNO2/c1-10(4-3-9)8(11)7-2-5-12-6-7/h2,5-6H,3-4H2,1H3. The second-order valence-electron chi connectivity index (χ2n) is 2.43. The number of alkyl halides is 1. The van der Waals surface area contributed by atoms with Crippen LogP contribution in [-0.4, -0.2) is 29.7 Å². The van der Waals surface area contributed by atoms with E-state index in [-0.39, 0.29) is 5.91 Å². The first kappa shape index (κ1) is 9.32. The molecule has 0 aliphatic heterocycles. The van der Waals surface area contributed by atoms with E-state index in [4.69, 9.17) is 4.42 Å². The predicted octanol–water partition coefficient (Wildman–Crippen LogP) is 1.75.